The Morgan fingerprint density at radius 2 is 1.75 bits per heavy atom. The van der Waals surface area contributed by atoms with Gasteiger partial charge in [-0.05, 0) is 31.1 Å². The molecule has 2 fully saturated rings. The zero-order valence-electron chi connectivity index (χ0n) is 10.5. The topological polar surface area (TPSA) is 43.4 Å². The number of Topliss-reactive ketones (excluding diaryl/α,β-unsaturated/α-hetero) is 1. The molecule has 0 unspecified atom stereocenters. The molecule has 1 spiro atoms. The highest BCUT2D eigenvalue weighted by molar-refractivity contribution is 5.80. The predicted octanol–water partition coefficient (Wildman–Crippen LogP) is 2.73. The van der Waals surface area contributed by atoms with E-state index in [0.29, 0.717) is 24.0 Å². The molecule has 0 aromatic heterocycles. The number of esters is 1. The van der Waals surface area contributed by atoms with Crippen LogP contribution in [0.5, 0.6) is 0 Å². The number of ketones is 1. The van der Waals surface area contributed by atoms with Gasteiger partial charge in [-0.1, -0.05) is 13.8 Å². The molecule has 0 aromatic carbocycles. The number of methoxy groups -OCH3 is 1. The molecule has 0 saturated heterocycles. The molecule has 2 rings (SSSR count). The van der Waals surface area contributed by atoms with E-state index in [9.17, 15) is 9.59 Å². The van der Waals surface area contributed by atoms with Gasteiger partial charge in [0, 0.05) is 12.8 Å². The first-order valence-electron chi connectivity index (χ1n) is 6.25. The van der Waals surface area contributed by atoms with Gasteiger partial charge in [0.15, 0.2) is 0 Å². The molecule has 0 amide bonds. The zero-order valence-corrected chi connectivity index (χ0v) is 10.5. The summed E-state index contributed by atoms with van der Waals surface area (Å²) in [6, 6.07) is 0. The summed E-state index contributed by atoms with van der Waals surface area (Å²) in [4.78, 5) is 22.3. The summed E-state index contributed by atoms with van der Waals surface area (Å²) >= 11 is 0. The molecule has 0 N–H and O–H groups in total. The SMILES string of the molecule is CC.COC(=O)C1CC2(CCC(=O)CC2)C1. The van der Waals surface area contributed by atoms with Crippen molar-refractivity contribution in [1.29, 1.82) is 0 Å². The van der Waals surface area contributed by atoms with E-state index in [1.54, 1.807) is 0 Å². The minimum atomic E-state index is -0.0764. The van der Waals surface area contributed by atoms with Gasteiger partial charge >= 0.3 is 5.97 Å². The van der Waals surface area contributed by atoms with Crippen molar-refractivity contribution in [3.05, 3.63) is 0 Å². The fourth-order valence-electron chi connectivity index (χ4n) is 2.79. The molecular formula is C13H22O3. The van der Waals surface area contributed by atoms with Crippen molar-refractivity contribution in [2.45, 2.75) is 52.4 Å². The number of ether oxygens (including phenoxy) is 1. The van der Waals surface area contributed by atoms with Crippen LogP contribution in [0, 0.1) is 11.3 Å². The first-order chi connectivity index (χ1) is 7.65. The van der Waals surface area contributed by atoms with Crippen molar-refractivity contribution in [2.75, 3.05) is 7.11 Å². The molecule has 92 valence electrons. The fraction of sp³-hybridized carbons (Fsp3) is 0.846. The average molecular weight is 226 g/mol. The van der Waals surface area contributed by atoms with Crippen LogP contribution in [0.4, 0.5) is 0 Å². The molecule has 0 bridgehead atoms. The van der Waals surface area contributed by atoms with Gasteiger partial charge in [-0.2, -0.15) is 0 Å². The zero-order chi connectivity index (χ0) is 12.2. The molecule has 16 heavy (non-hydrogen) atoms. The van der Waals surface area contributed by atoms with Crippen LogP contribution in [0.15, 0.2) is 0 Å². The van der Waals surface area contributed by atoms with Crippen molar-refractivity contribution in [2.24, 2.45) is 11.3 Å². The largest absolute Gasteiger partial charge is 0.469 e. The van der Waals surface area contributed by atoms with E-state index in [-0.39, 0.29) is 11.9 Å². The van der Waals surface area contributed by atoms with Crippen molar-refractivity contribution in [3.63, 3.8) is 0 Å². The Labute approximate surface area is 97.5 Å². The van der Waals surface area contributed by atoms with Crippen LogP contribution in [0.25, 0.3) is 0 Å². The summed E-state index contributed by atoms with van der Waals surface area (Å²) < 4.78 is 4.70. The summed E-state index contributed by atoms with van der Waals surface area (Å²) in [6.07, 6.45) is 5.28. The molecule has 0 atom stereocenters. The standard InChI is InChI=1S/C11H16O3.C2H6/c1-14-10(13)8-6-11(7-8)4-2-9(12)3-5-11;1-2/h8H,2-7H2,1H3;1-2H3. The van der Waals surface area contributed by atoms with Crippen molar-refractivity contribution in [1.82, 2.24) is 0 Å². The van der Waals surface area contributed by atoms with E-state index in [1.165, 1.54) is 7.11 Å². The highest BCUT2D eigenvalue weighted by atomic mass is 16.5. The quantitative estimate of drug-likeness (QED) is 0.646. The van der Waals surface area contributed by atoms with Crippen LogP contribution in [-0.4, -0.2) is 18.9 Å². The Morgan fingerprint density at radius 3 is 2.19 bits per heavy atom. The number of hydrogen-bond donors (Lipinski definition) is 0. The molecule has 0 aliphatic heterocycles. The van der Waals surface area contributed by atoms with E-state index < -0.39 is 0 Å². The van der Waals surface area contributed by atoms with Crippen LogP contribution in [-0.2, 0) is 14.3 Å². The van der Waals surface area contributed by atoms with Gasteiger partial charge in [0.2, 0.25) is 0 Å². The third kappa shape index (κ3) is 2.63. The highest BCUT2D eigenvalue weighted by Crippen LogP contribution is 2.54. The molecule has 3 heteroatoms. The first-order valence-corrected chi connectivity index (χ1v) is 6.25. The monoisotopic (exact) mass is 226 g/mol. The number of hydrogen-bond acceptors (Lipinski definition) is 3. The Morgan fingerprint density at radius 1 is 1.25 bits per heavy atom. The average Bonchev–Trinajstić information content (AvgIpc) is 2.29. The second-order valence-electron chi connectivity index (χ2n) is 4.67. The van der Waals surface area contributed by atoms with E-state index >= 15 is 0 Å². The van der Waals surface area contributed by atoms with Crippen LogP contribution in [0.1, 0.15) is 52.4 Å². The maximum Gasteiger partial charge on any atom is 0.308 e. The van der Waals surface area contributed by atoms with E-state index in [2.05, 4.69) is 0 Å². The third-order valence-corrected chi connectivity index (χ3v) is 3.76. The predicted molar refractivity (Wildman–Crippen MR) is 62.0 cm³/mol. The Bertz CT molecular complexity index is 252. The number of carbonyl (C=O) groups is 2. The lowest BCUT2D eigenvalue weighted by Crippen LogP contribution is -2.43. The van der Waals surface area contributed by atoms with Gasteiger partial charge in [0.05, 0.1) is 13.0 Å². The Hall–Kier alpha value is -0.860. The van der Waals surface area contributed by atoms with Gasteiger partial charge in [0.1, 0.15) is 5.78 Å². The summed E-state index contributed by atoms with van der Waals surface area (Å²) in [5.41, 5.74) is 0.312. The molecule has 0 radical (unpaired) electrons. The van der Waals surface area contributed by atoms with Gasteiger partial charge in [-0.15, -0.1) is 0 Å². The summed E-state index contributed by atoms with van der Waals surface area (Å²) in [7, 11) is 1.44. The molecule has 3 nitrogen and oxygen atoms in total. The van der Waals surface area contributed by atoms with E-state index in [4.69, 9.17) is 4.74 Å². The summed E-state index contributed by atoms with van der Waals surface area (Å²) in [5, 5.41) is 0. The maximum absolute atomic E-state index is 11.2. The second-order valence-corrected chi connectivity index (χ2v) is 4.67. The lowest BCUT2D eigenvalue weighted by molar-refractivity contribution is -0.155. The van der Waals surface area contributed by atoms with Crippen molar-refractivity contribution < 1.29 is 14.3 Å². The molecule has 2 aliphatic rings. The Balaban J connectivity index is 0.000000606. The normalized spacial score (nSPS) is 23.1. The second kappa shape index (κ2) is 5.46. The van der Waals surface area contributed by atoms with Gasteiger partial charge in [0.25, 0.3) is 0 Å². The Kier molecular flexibility index (Phi) is 4.51. The molecular weight excluding hydrogens is 204 g/mol. The molecule has 2 aliphatic carbocycles. The first kappa shape index (κ1) is 13.2. The smallest absolute Gasteiger partial charge is 0.308 e. The van der Waals surface area contributed by atoms with Gasteiger partial charge in [-0.3, -0.25) is 9.59 Å². The third-order valence-electron chi connectivity index (χ3n) is 3.76. The van der Waals surface area contributed by atoms with Gasteiger partial charge in [-0.25, -0.2) is 0 Å². The van der Waals surface area contributed by atoms with Crippen LogP contribution < -0.4 is 0 Å². The van der Waals surface area contributed by atoms with Crippen molar-refractivity contribution >= 4 is 11.8 Å². The molecule has 2 saturated carbocycles. The molecule has 0 aromatic rings. The van der Waals surface area contributed by atoms with E-state index in [0.717, 1.165) is 25.7 Å². The maximum atomic E-state index is 11.2. The van der Waals surface area contributed by atoms with Crippen LogP contribution in [0.3, 0.4) is 0 Å². The van der Waals surface area contributed by atoms with Crippen LogP contribution in [0.2, 0.25) is 0 Å². The minimum Gasteiger partial charge on any atom is -0.469 e. The summed E-state index contributed by atoms with van der Waals surface area (Å²) in [6.45, 7) is 4.00. The van der Waals surface area contributed by atoms with Gasteiger partial charge < -0.3 is 4.74 Å². The lowest BCUT2D eigenvalue weighted by atomic mass is 9.56. The lowest BCUT2D eigenvalue weighted by Gasteiger charge is -2.48. The minimum absolute atomic E-state index is 0.0764. The summed E-state index contributed by atoms with van der Waals surface area (Å²) in [5.74, 6) is 0.415. The van der Waals surface area contributed by atoms with Crippen molar-refractivity contribution in [3.8, 4) is 0 Å². The van der Waals surface area contributed by atoms with E-state index in [1.807, 2.05) is 13.8 Å². The van der Waals surface area contributed by atoms with Crippen LogP contribution >= 0.6 is 0 Å². The highest BCUT2D eigenvalue weighted by Gasteiger charge is 2.48. The fourth-order valence-corrected chi connectivity index (χ4v) is 2.79. The number of carbonyl (C=O) groups excluding carboxylic acids is 2. The number of rotatable bonds is 1. The molecule has 0 heterocycles.